The van der Waals surface area contributed by atoms with Gasteiger partial charge in [-0.1, -0.05) is 31.5 Å². The molecule has 1 aliphatic heterocycles. The molecule has 0 spiro atoms. The highest BCUT2D eigenvalue weighted by Crippen LogP contribution is 2.33. The van der Waals surface area contributed by atoms with Crippen LogP contribution in [-0.2, 0) is 16.4 Å². The molecule has 0 unspecified atom stereocenters. The smallest absolute Gasteiger partial charge is 0.232 e. The number of nitrogens with one attached hydrogen (secondary N) is 1. The SMILES string of the molecule is CCCCS(=O)(=O)Nc1ccc(N2CCCc3ccccc32)cc1. The summed E-state index contributed by atoms with van der Waals surface area (Å²) in [6, 6.07) is 16.1. The van der Waals surface area contributed by atoms with E-state index in [9.17, 15) is 8.42 Å². The van der Waals surface area contributed by atoms with Crippen molar-refractivity contribution >= 4 is 27.1 Å². The molecule has 0 amide bonds. The van der Waals surface area contributed by atoms with Gasteiger partial charge in [0.25, 0.3) is 0 Å². The third-order valence-corrected chi connectivity index (χ3v) is 5.70. The van der Waals surface area contributed by atoms with E-state index >= 15 is 0 Å². The van der Waals surface area contributed by atoms with E-state index < -0.39 is 10.0 Å². The Balaban J connectivity index is 1.76. The molecule has 1 N–H and O–H groups in total. The van der Waals surface area contributed by atoms with Gasteiger partial charge in [-0.3, -0.25) is 4.72 Å². The fraction of sp³-hybridized carbons (Fsp3) is 0.368. The van der Waals surface area contributed by atoms with Gasteiger partial charge in [-0.15, -0.1) is 0 Å². The first-order chi connectivity index (χ1) is 11.6. The van der Waals surface area contributed by atoms with Crippen molar-refractivity contribution in [3.8, 4) is 0 Å². The quantitative estimate of drug-likeness (QED) is 0.849. The molecule has 3 rings (SSSR count). The van der Waals surface area contributed by atoms with Crippen molar-refractivity contribution in [2.24, 2.45) is 0 Å². The van der Waals surface area contributed by atoms with Crippen molar-refractivity contribution in [3.05, 3.63) is 54.1 Å². The molecule has 0 aliphatic carbocycles. The standard InChI is InChI=1S/C19H24N2O2S/c1-2-3-15-24(22,23)20-17-10-12-18(13-11-17)21-14-6-8-16-7-4-5-9-19(16)21/h4-5,7,9-13,20H,2-3,6,8,14-15H2,1H3. The molecule has 0 aromatic heterocycles. The van der Waals surface area contributed by atoms with Crippen molar-refractivity contribution in [2.45, 2.75) is 32.6 Å². The summed E-state index contributed by atoms with van der Waals surface area (Å²) in [6.07, 6.45) is 3.79. The van der Waals surface area contributed by atoms with Crippen LogP contribution in [0.2, 0.25) is 0 Å². The Labute approximate surface area is 144 Å². The minimum atomic E-state index is -3.25. The van der Waals surface area contributed by atoms with Crippen LogP contribution in [0.5, 0.6) is 0 Å². The Morgan fingerprint density at radius 1 is 1.08 bits per heavy atom. The van der Waals surface area contributed by atoms with Crippen molar-refractivity contribution in [1.82, 2.24) is 0 Å². The third kappa shape index (κ3) is 3.90. The fourth-order valence-electron chi connectivity index (χ4n) is 3.08. The molecular formula is C19H24N2O2S. The molecule has 0 saturated heterocycles. The molecule has 0 atom stereocenters. The molecule has 1 heterocycles. The maximum absolute atomic E-state index is 12.0. The molecule has 0 radical (unpaired) electrons. The van der Waals surface area contributed by atoms with Gasteiger partial charge in [0.05, 0.1) is 5.75 Å². The van der Waals surface area contributed by atoms with Crippen LogP contribution in [0.4, 0.5) is 17.1 Å². The number of anilines is 3. The largest absolute Gasteiger partial charge is 0.341 e. The minimum absolute atomic E-state index is 0.171. The van der Waals surface area contributed by atoms with E-state index in [2.05, 4.69) is 33.9 Å². The summed E-state index contributed by atoms with van der Waals surface area (Å²) in [7, 11) is -3.25. The predicted molar refractivity (Wildman–Crippen MR) is 101 cm³/mol. The third-order valence-electron chi connectivity index (χ3n) is 4.33. The summed E-state index contributed by atoms with van der Waals surface area (Å²) in [5.41, 5.74) is 4.34. The van der Waals surface area contributed by atoms with Crippen molar-refractivity contribution < 1.29 is 8.42 Å². The average molecular weight is 344 g/mol. The molecule has 0 bridgehead atoms. The zero-order valence-electron chi connectivity index (χ0n) is 14.0. The second-order valence-electron chi connectivity index (χ2n) is 6.21. The lowest BCUT2D eigenvalue weighted by molar-refractivity contribution is 0.598. The van der Waals surface area contributed by atoms with E-state index in [1.54, 1.807) is 0 Å². The molecule has 2 aromatic rings. The number of hydrogen-bond acceptors (Lipinski definition) is 3. The first-order valence-electron chi connectivity index (χ1n) is 8.55. The van der Waals surface area contributed by atoms with Gasteiger partial charge in [0.1, 0.15) is 0 Å². The molecule has 5 heteroatoms. The Morgan fingerprint density at radius 2 is 1.83 bits per heavy atom. The highest BCUT2D eigenvalue weighted by atomic mass is 32.2. The number of benzene rings is 2. The number of fused-ring (bicyclic) bond motifs is 1. The van der Waals surface area contributed by atoms with Crippen molar-refractivity contribution in [1.29, 1.82) is 0 Å². The van der Waals surface area contributed by atoms with Crippen LogP contribution in [0.15, 0.2) is 48.5 Å². The van der Waals surface area contributed by atoms with Crippen LogP contribution in [0.3, 0.4) is 0 Å². The van der Waals surface area contributed by atoms with Gasteiger partial charge in [-0.25, -0.2) is 8.42 Å². The van der Waals surface area contributed by atoms with Gasteiger partial charge in [-0.05, 0) is 55.2 Å². The summed E-state index contributed by atoms with van der Waals surface area (Å²) in [5.74, 6) is 0.171. The zero-order valence-corrected chi connectivity index (χ0v) is 14.8. The van der Waals surface area contributed by atoms with E-state index in [-0.39, 0.29) is 5.75 Å². The Bertz CT molecular complexity index is 785. The van der Waals surface area contributed by atoms with Gasteiger partial charge in [-0.2, -0.15) is 0 Å². The molecular weight excluding hydrogens is 320 g/mol. The van der Waals surface area contributed by atoms with Gasteiger partial charge in [0.2, 0.25) is 10.0 Å². The van der Waals surface area contributed by atoms with Crippen molar-refractivity contribution in [2.75, 3.05) is 21.9 Å². The lowest BCUT2D eigenvalue weighted by Crippen LogP contribution is -2.24. The molecule has 4 nitrogen and oxygen atoms in total. The first-order valence-corrected chi connectivity index (χ1v) is 10.2. The monoisotopic (exact) mass is 344 g/mol. The summed E-state index contributed by atoms with van der Waals surface area (Å²) < 4.78 is 26.6. The van der Waals surface area contributed by atoms with E-state index in [0.29, 0.717) is 12.1 Å². The Kier molecular flexibility index (Phi) is 5.09. The van der Waals surface area contributed by atoms with Crippen LogP contribution >= 0.6 is 0 Å². The van der Waals surface area contributed by atoms with Crippen LogP contribution < -0.4 is 9.62 Å². The number of para-hydroxylation sites is 1. The second kappa shape index (κ2) is 7.26. The maximum atomic E-state index is 12.0. The molecule has 128 valence electrons. The predicted octanol–water partition coefficient (Wildman–Crippen LogP) is 4.31. The maximum Gasteiger partial charge on any atom is 0.232 e. The number of sulfonamides is 1. The van der Waals surface area contributed by atoms with Gasteiger partial charge < -0.3 is 4.90 Å². The normalized spacial score (nSPS) is 14.3. The van der Waals surface area contributed by atoms with E-state index in [0.717, 1.165) is 31.5 Å². The van der Waals surface area contributed by atoms with Gasteiger partial charge in [0, 0.05) is 23.6 Å². The first kappa shape index (κ1) is 16.8. The van der Waals surface area contributed by atoms with Crippen LogP contribution in [0.25, 0.3) is 0 Å². The lowest BCUT2D eigenvalue weighted by atomic mass is 10.0. The van der Waals surface area contributed by atoms with Gasteiger partial charge in [0.15, 0.2) is 0 Å². The molecule has 24 heavy (non-hydrogen) atoms. The zero-order chi connectivity index (χ0) is 17.0. The molecule has 0 saturated carbocycles. The number of rotatable bonds is 6. The van der Waals surface area contributed by atoms with Crippen LogP contribution in [-0.4, -0.2) is 20.7 Å². The number of aryl methyl sites for hydroxylation is 1. The molecule has 1 aliphatic rings. The van der Waals surface area contributed by atoms with Crippen LogP contribution in [0, 0.1) is 0 Å². The summed E-state index contributed by atoms with van der Waals surface area (Å²) in [5, 5.41) is 0. The minimum Gasteiger partial charge on any atom is -0.341 e. The van der Waals surface area contributed by atoms with E-state index in [4.69, 9.17) is 0 Å². The lowest BCUT2D eigenvalue weighted by Gasteiger charge is -2.31. The fourth-order valence-corrected chi connectivity index (χ4v) is 4.34. The summed E-state index contributed by atoms with van der Waals surface area (Å²) in [4.78, 5) is 2.30. The molecule has 2 aromatic carbocycles. The topological polar surface area (TPSA) is 49.4 Å². The van der Waals surface area contributed by atoms with E-state index in [1.807, 2.05) is 31.2 Å². The summed E-state index contributed by atoms with van der Waals surface area (Å²) in [6.45, 7) is 2.97. The highest BCUT2D eigenvalue weighted by molar-refractivity contribution is 7.92. The van der Waals surface area contributed by atoms with Gasteiger partial charge >= 0.3 is 0 Å². The Hall–Kier alpha value is -2.01. The summed E-state index contributed by atoms with van der Waals surface area (Å²) >= 11 is 0. The average Bonchev–Trinajstić information content (AvgIpc) is 2.60. The Morgan fingerprint density at radius 3 is 2.58 bits per heavy atom. The van der Waals surface area contributed by atoms with E-state index in [1.165, 1.54) is 11.3 Å². The number of hydrogen-bond donors (Lipinski definition) is 1. The molecule has 0 fully saturated rings. The second-order valence-corrected chi connectivity index (χ2v) is 8.05. The highest BCUT2D eigenvalue weighted by Gasteiger charge is 2.17. The number of nitrogens with zero attached hydrogens (tertiary/aromatic N) is 1. The number of unbranched alkanes of at least 4 members (excludes halogenated alkanes) is 1. The van der Waals surface area contributed by atoms with Crippen LogP contribution in [0.1, 0.15) is 31.7 Å². The van der Waals surface area contributed by atoms with Crippen molar-refractivity contribution in [3.63, 3.8) is 0 Å².